The van der Waals surface area contributed by atoms with Crippen LogP contribution in [0.15, 0.2) is 11.4 Å². The number of hydrogen-bond acceptors (Lipinski definition) is 0. The van der Waals surface area contributed by atoms with Crippen LogP contribution in [0.2, 0.25) is 0 Å². The molecule has 0 spiro atoms. The lowest BCUT2D eigenvalue weighted by Crippen LogP contribution is -2.58. The van der Waals surface area contributed by atoms with Crippen LogP contribution in [-0.4, -0.2) is 12.1 Å². The maximum Gasteiger partial charge on any atom is 0.406 e. The molecule has 1 aliphatic carbocycles. The largest absolute Gasteiger partial charge is 0.406 e. The lowest BCUT2D eigenvalue weighted by atomic mass is 9.67. The lowest BCUT2D eigenvalue weighted by molar-refractivity contribution is -0.289. The van der Waals surface area contributed by atoms with Crippen LogP contribution in [0, 0.1) is 5.41 Å². The molecule has 0 heterocycles. The van der Waals surface area contributed by atoms with Crippen LogP contribution in [-0.2, 0) is 0 Å². The monoisotopic (exact) mass is 204 g/mol. The maximum absolute atomic E-state index is 12.7. The molecule has 0 saturated heterocycles. The molecule has 13 heavy (non-hydrogen) atoms. The number of hydrogen-bond donors (Lipinski definition) is 0. The summed E-state index contributed by atoms with van der Waals surface area (Å²) >= 11 is 0. The topological polar surface area (TPSA) is 0 Å². The molecule has 0 aromatic rings. The molecule has 0 amide bonds. The van der Waals surface area contributed by atoms with Crippen LogP contribution in [0.3, 0.4) is 0 Å². The molecule has 0 aliphatic heterocycles. The number of rotatable bonds is 0. The summed E-state index contributed by atoms with van der Waals surface area (Å²) in [6.45, 7) is 0.818. The normalized spacial score (nSPS) is 33.2. The summed E-state index contributed by atoms with van der Waals surface area (Å²) in [7, 11) is 0. The van der Waals surface area contributed by atoms with E-state index in [-0.39, 0.29) is 6.92 Å². The van der Waals surface area contributed by atoms with Gasteiger partial charge in [-0.3, -0.25) is 0 Å². The minimum Gasteiger partial charge on any atom is -0.210 e. The van der Waals surface area contributed by atoms with Crippen molar-refractivity contribution in [2.24, 2.45) is 5.41 Å². The van der Waals surface area contributed by atoms with E-state index in [9.17, 15) is 26.3 Å². The third kappa shape index (κ3) is 0.886. The molecule has 6 heteroatoms. The van der Waals surface area contributed by atoms with E-state index in [0.29, 0.717) is 6.92 Å². The number of halogens is 6. The van der Waals surface area contributed by atoms with Crippen LogP contribution in [0.5, 0.6) is 0 Å². The zero-order valence-corrected chi connectivity index (χ0v) is 6.77. The molecule has 1 atom stereocenters. The molecule has 0 N–H and O–H groups in total. The van der Waals surface area contributed by atoms with Crippen molar-refractivity contribution in [1.29, 1.82) is 0 Å². The van der Waals surface area contributed by atoms with Crippen molar-refractivity contribution < 1.29 is 26.3 Å². The average Bonchev–Trinajstić information content (AvgIpc) is 1.98. The molecule has 76 valence electrons. The van der Waals surface area contributed by atoms with E-state index < -0.39 is 28.9 Å². The molecule has 0 saturated carbocycles. The van der Waals surface area contributed by atoms with Crippen molar-refractivity contribution >= 4 is 0 Å². The van der Waals surface area contributed by atoms with E-state index in [0.717, 1.165) is 0 Å². The quantitative estimate of drug-likeness (QED) is 0.530. The highest BCUT2D eigenvalue weighted by molar-refractivity contribution is 5.39. The Morgan fingerprint density at radius 1 is 1.15 bits per heavy atom. The highest BCUT2D eigenvalue weighted by atomic mass is 19.4. The molecule has 1 aliphatic rings. The predicted molar refractivity (Wildman–Crippen MR) is 32.9 cm³/mol. The van der Waals surface area contributed by atoms with Gasteiger partial charge >= 0.3 is 6.18 Å². The fourth-order valence-corrected chi connectivity index (χ4v) is 1.27. The summed E-state index contributed by atoms with van der Waals surface area (Å²) in [6.07, 6.45) is -5.26. The third-order valence-electron chi connectivity index (χ3n) is 2.43. The summed E-state index contributed by atoms with van der Waals surface area (Å²) in [6, 6.07) is 0. The minimum atomic E-state index is -5.26. The van der Waals surface area contributed by atoms with Crippen molar-refractivity contribution in [3.8, 4) is 0 Å². The van der Waals surface area contributed by atoms with E-state index in [1.165, 1.54) is 0 Å². The second-order valence-corrected chi connectivity index (χ2v) is 3.14. The molecule has 0 nitrogen and oxygen atoms in total. The fourth-order valence-electron chi connectivity index (χ4n) is 1.27. The van der Waals surface area contributed by atoms with Gasteiger partial charge in [0.2, 0.25) is 0 Å². The van der Waals surface area contributed by atoms with Gasteiger partial charge in [-0.15, -0.1) is 0 Å². The smallest absolute Gasteiger partial charge is 0.210 e. The standard InChI is InChI=1S/C7H6F6/c1-3-4(8)5(2,6(3,9)10)7(11,12)13/h1-2H3. The van der Waals surface area contributed by atoms with Crippen molar-refractivity contribution in [1.82, 2.24) is 0 Å². The molecule has 0 radical (unpaired) electrons. The van der Waals surface area contributed by atoms with Crippen molar-refractivity contribution in [3.05, 3.63) is 11.4 Å². The summed E-state index contributed by atoms with van der Waals surface area (Å²) in [5, 5.41) is 0. The summed E-state index contributed by atoms with van der Waals surface area (Å²) in [5.41, 5.74) is -4.77. The SMILES string of the molecule is CC1=C(F)C(C)(C(F)(F)F)C1(F)F. The van der Waals surface area contributed by atoms with Crippen LogP contribution in [0.1, 0.15) is 13.8 Å². The third-order valence-corrected chi connectivity index (χ3v) is 2.43. The molecular weight excluding hydrogens is 198 g/mol. The summed E-state index contributed by atoms with van der Waals surface area (Å²) < 4.78 is 74.2. The van der Waals surface area contributed by atoms with Crippen LogP contribution < -0.4 is 0 Å². The molecule has 1 rings (SSSR count). The first-order chi connectivity index (χ1) is 5.57. The average molecular weight is 204 g/mol. The van der Waals surface area contributed by atoms with Gasteiger partial charge in [0, 0.05) is 5.57 Å². The van der Waals surface area contributed by atoms with Gasteiger partial charge in [0.1, 0.15) is 5.83 Å². The Morgan fingerprint density at radius 2 is 1.54 bits per heavy atom. The molecule has 0 aromatic heterocycles. The highest BCUT2D eigenvalue weighted by Gasteiger charge is 2.76. The van der Waals surface area contributed by atoms with Gasteiger partial charge in [0.05, 0.1) is 0 Å². The highest BCUT2D eigenvalue weighted by Crippen LogP contribution is 2.65. The second-order valence-electron chi connectivity index (χ2n) is 3.14. The Balaban J connectivity index is 3.25. The Hall–Kier alpha value is -0.680. The van der Waals surface area contributed by atoms with E-state index in [1.807, 2.05) is 0 Å². The first-order valence-electron chi connectivity index (χ1n) is 3.38. The Bertz CT molecular complexity index is 273. The van der Waals surface area contributed by atoms with Crippen molar-refractivity contribution in [2.45, 2.75) is 25.9 Å². The number of allylic oxidation sites excluding steroid dienone is 2. The molecular formula is C7H6F6. The summed E-state index contributed by atoms with van der Waals surface area (Å²) in [4.78, 5) is 0. The maximum atomic E-state index is 12.7. The molecule has 0 fully saturated rings. The molecule has 0 aromatic carbocycles. The first kappa shape index (κ1) is 10.4. The Labute approximate surface area is 70.2 Å². The zero-order valence-electron chi connectivity index (χ0n) is 6.77. The van der Waals surface area contributed by atoms with Crippen LogP contribution in [0.4, 0.5) is 26.3 Å². The van der Waals surface area contributed by atoms with E-state index in [1.54, 1.807) is 0 Å². The van der Waals surface area contributed by atoms with Crippen LogP contribution >= 0.6 is 0 Å². The first-order valence-corrected chi connectivity index (χ1v) is 3.38. The minimum absolute atomic E-state index is 0.162. The van der Waals surface area contributed by atoms with Gasteiger partial charge in [0.25, 0.3) is 5.92 Å². The van der Waals surface area contributed by atoms with Gasteiger partial charge in [-0.2, -0.15) is 13.2 Å². The molecule has 1 unspecified atom stereocenters. The Kier molecular flexibility index (Phi) is 1.77. The van der Waals surface area contributed by atoms with Crippen molar-refractivity contribution in [3.63, 3.8) is 0 Å². The van der Waals surface area contributed by atoms with E-state index in [2.05, 4.69) is 0 Å². The predicted octanol–water partition coefficient (Wildman–Crippen LogP) is 3.45. The molecule has 0 bridgehead atoms. The lowest BCUT2D eigenvalue weighted by Gasteiger charge is -2.46. The van der Waals surface area contributed by atoms with Gasteiger partial charge in [-0.05, 0) is 13.8 Å². The van der Waals surface area contributed by atoms with E-state index in [4.69, 9.17) is 0 Å². The second kappa shape index (κ2) is 2.22. The summed E-state index contributed by atoms with van der Waals surface area (Å²) in [5.74, 6) is -5.90. The van der Waals surface area contributed by atoms with Gasteiger partial charge in [0.15, 0.2) is 5.41 Å². The van der Waals surface area contributed by atoms with Crippen molar-refractivity contribution in [2.75, 3.05) is 0 Å². The van der Waals surface area contributed by atoms with Crippen LogP contribution in [0.25, 0.3) is 0 Å². The fraction of sp³-hybridized carbons (Fsp3) is 0.714. The van der Waals surface area contributed by atoms with Gasteiger partial charge < -0.3 is 0 Å². The zero-order chi connectivity index (χ0) is 10.7. The van der Waals surface area contributed by atoms with Gasteiger partial charge in [-0.25, -0.2) is 13.2 Å². The Morgan fingerprint density at radius 3 is 1.69 bits per heavy atom. The van der Waals surface area contributed by atoms with E-state index >= 15 is 0 Å². The van der Waals surface area contributed by atoms with Gasteiger partial charge in [-0.1, -0.05) is 0 Å². The number of alkyl halides is 5.